The summed E-state index contributed by atoms with van der Waals surface area (Å²) in [6, 6.07) is 4.95. The van der Waals surface area contributed by atoms with Gasteiger partial charge in [-0.3, -0.25) is 0 Å². The maximum atomic E-state index is 13.2. The number of carbonyl (C=O) groups excluding carboxylic acids is 1. The van der Waals surface area contributed by atoms with Crippen LogP contribution in [0.5, 0.6) is 5.75 Å². The summed E-state index contributed by atoms with van der Waals surface area (Å²) in [5.74, 6) is 0.196. The number of amides is 1. The molecule has 0 unspecified atom stereocenters. The summed E-state index contributed by atoms with van der Waals surface area (Å²) in [6.07, 6.45) is 5.23. The van der Waals surface area contributed by atoms with E-state index in [1.54, 1.807) is 6.07 Å². The zero-order valence-corrected chi connectivity index (χ0v) is 14.4. The average molecular weight is 338 g/mol. The van der Waals surface area contributed by atoms with Crippen molar-refractivity contribution in [3.63, 3.8) is 0 Å². The number of alkyl carbamates (subject to hydrolysis) is 1. The fraction of sp³-hybridized carbons (Fsp3) is 0.611. The predicted molar refractivity (Wildman–Crippen MR) is 92.0 cm³/mol. The molecule has 1 aliphatic carbocycles. The van der Waals surface area contributed by atoms with E-state index >= 15 is 0 Å². The first-order valence-electron chi connectivity index (χ1n) is 8.65. The van der Waals surface area contributed by atoms with Crippen LogP contribution in [-0.2, 0) is 4.74 Å². The van der Waals surface area contributed by atoms with Crippen LogP contribution in [0.1, 0.15) is 45.4 Å². The van der Waals surface area contributed by atoms with Crippen LogP contribution in [0.15, 0.2) is 18.2 Å². The van der Waals surface area contributed by atoms with Crippen LogP contribution in [0, 0.1) is 5.82 Å². The van der Waals surface area contributed by atoms with Gasteiger partial charge in [0.1, 0.15) is 11.6 Å². The SMILES string of the molecule is CCCCOC(=O)NC1CCC(Nc2ccc(F)cc2OC)CC1. The summed E-state index contributed by atoms with van der Waals surface area (Å²) < 4.78 is 23.6. The van der Waals surface area contributed by atoms with Gasteiger partial charge in [-0.2, -0.15) is 0 Å². The number of hydrogen-bond donors (Lipinski definition) is 2. The Kier molecular flexibility index (Phi) is 7.15. The van der Waals surface area contributed by atoms with Gasteiger partial charge in [0.25, 0.3) is 0 Å². The Labute approximate surface area is 142 Å². The zero-order valence-electron chi connectivity index (χ0n) is 14.4. The molecule has 0 saturated heterocycles. The molecule has 0 spiro atoms. The highest BCUT2D eigenvalue weighted by atomic mass is 19.1. The monoisotopic (exact) mass is 338 g/mol. The van der Waals surface area contributed by atoms with E-state index in [1.165, 1.54) is 19.2 Å². The third kappa shape index (κ3) is 5.58. The Morgan fingerprint density at radius 3 is 2.62 bits per heavy atom. The largest absolute Gasteiger partial charge is 0.494 e. The van der Waals surface area contributed by atoms with Crippen molar-refractivity contribution in [3.8, 4) is 5.75 Å². The highest BCUT2D eigenvalue weighted by molar-refractivity contribution is 5.67. The van der Waals surface area contributed by atoms with Crippen LogP contribution in [0.2, 0.25) is 0 Å². The van der Waals surface area contributed by atoms with Crippen molar-refractivity contribution >= 4 is 11.8 Å². The van der Waals surface area contributed by atoms with Gasteiger partial charge in [-0.05, 0) is 44.2 Å². The van der Waals surface area contributed by atoms with E-state index in [1.807, 2.05) is 0 Å². The number of benzene rings is 1. The molecule has 0 atom stereocenters. The second kappa shape index (κ2) is 9.35. The molecule has 0 heterocycles. The minimum atomic E-state index is -0.319. The third-order valence-corrected chi connectivity index (χ3v) is 4.30. The molecule has 0 radical (unpaired) electrons. The van der Waals surface area contributed by atoms with Crippen molar-refractivity contribution in [2.45, 2.75) is 57.5 Å². The van der Waals surface area contributed by atoms with Gasteiger partial charge in [0.05, 0.1) is 19.4 Å². The normalized spacial score (nSPS) is 20.3. The van der Waals surface area contributed by atoms with Crippen LogP contribution in [0.4, 0.5) is 14.9 Å². The van der Waals surface area contributed by atoms with Crippen molar-refractivity contribution < 1.29 is 18.7 Å². The molecular formula is C18H27FN2O3. The predicted octanol–water partition coefficient (Wildman–Crippen LogP) is 4.08. The number of rotatable bonds is 7. The molecule has 1 fully saturated rings. The lowest BCUT2D eigenvalue weighted by Gasteiger charge is -2.30. The molecular weight excluding hydrogens is 311 g/mol. The number of anilines is 1. The van der Waals surface area contributed by atoms with Gasteiger partial charge in [0.2, 0.25) is 0 Å². The number of methoxy groups -OCH3 is 1. The van der Waals surface area contributed by atoms with E-state index in [9.17, 15) is 9.18 Å². The standard InChI is InChI=1S/C18H27FN2O3/c1-3-4-11-24-18(22)21-15-8-6-14(7-9-15)20-16-10-5-13(19)12-17(16)23-2/h5,10,12,14-15,20H,3-4,6-9,11H2,1-2H3,(H,21,22). The number of unbranched alkanes of at least 4 members (excludes halogenated alkanes) is 1. The van der Waals surface area contributed by atoms with Crippen LogP contribution in [0.25, 0.3) is 0 Å². The topological polar surface area (TPSA) is 59.6 Å². The first-order valence-corrected chi connectivity index (χ1v) is 8.65. The summed E-state index contributed by atoms with van der Waals surface area (Å²) in [4.78, 5) is 11.7. The van der Waals surface area contributed by atoms with Crippen molar-refractivity contribution in [2.75, 3.05) is 19.0 Å². The molecule has 1 aromatic rings. The molecule has 2 N–H and O–H groups in total. The molecule has 24 heavy (non-hydrogen) atoms. The maximum Gasteiger partial charge on any atom is 0.407 e. The lowest BCUT2D eigenvalue weighted by Crippen LogP contribution is -2.40. The van der Waals surface area contributed by atoms with Gasteiger partial charge < -0.3 is 20.1 Å². The van der Waals surface area contributed by atoms with E-state index in [0.717, 1.165) is 44.2 Å². The van der Waals surface area contributed by atoms with Crippen LogP contribution in [-0.4, -0.2) is 31.9 Å². The molecule has 1 amide bonds. The van der Waals surface area contributed by atoms with Gasteiger partial charge in [-0.15, -0.1) is 0 Å². The number of hydrogen-bond acceptors (Lipinski definition) is 4. The Bertz CT molecular complexity index is 531. The van der Waals surface area contributed by atoms with E-state index < -0.39 is 0 Å². The third-order valence-electron chi connectivity index (χ3n) is 4.30. The summed E-state index contributed by atoms with van der Waals surface area (Å²) in [7, 11) is 1.53. The van der Waals surface area contributed by atoms with E-state index in [2.05, 4.69) is 17.6 Å². The fourth-order valence-electron chi connectivity index (χ4n) is 2.90. The molecule has 6 heteroatoms. The smallest absolute Gasteiger partial charge is 0.407 e. The lowest BCUT2D eigenvalue weighted by molar-refractivity contribution is 0.137. The van der Waals surface area contributed by atoms with Crippen molar-refractivity contribution in [1.82, 2.24) is 5.32 Å². The van der Waals surface area contributed by atoms with Gasteiger partial charge >= 0.3 is 6.09 Å². The molecule has 5 nitrogen and oxygen atoms in total. The number of carbonyl (C=O) groups is 1. The molecule has 1 aliphatic rings. The maximum absolute atomic E-state index is 13.2. The second-order valence-electron chi connectivity index (χ2n) is 6.17. The number of nitrogens with one attached hydrogen (secondary N) is 2. The Balaban J connectivity index is 1.76. The van der Waals surface area contributed by atoms with Gasteiger partial charge in [0, 0.05) is 18.2 Å². The Hall–Kier alpha value is -1.98. The summed E-state index contributed by atoms with van der Waals surface area (Å²) >= 11 is 0. The molecule has 0 bridgehead atoms. The minimum Gasteiger partial charge on any atom is -0.494 e. The zero-order chi connectivity index (χ0) is 17.4. The van der Waals surface area contributed by atoms with Crippen LogP contribution in [0.3, 0.4) is 0 Å². The molecule has 1 aromatic carbocycles. The molecule has 0 aliphatic heterocycles. The number of ether oxygens (including phenoxy) is 2. The van der Waals surface area contributed by atoms with Crippen molar-refractivity contribution in [2.24, 2.45) is 0 Å². The fourth-order valence-corrected chi connectivity index (χ4v) is 2.90. The van der Waals surface area contributed by atoms with E-state index in [0.29, 0.717) is 18.4 Å². The summed E-state index contributed by atoms with van der Waals surface area (Å²) in [6.45, 7) is 2.54. The Morgan fingerprint density at radius 2 is 1.96 bits per heavy atom. The van der Waals surface area contributed by atoms with Gasteiger partial charge in [0.15, 0.2) is 0 Å². The molecule has 2 rings (SSSR count). The van der Waals surface area contributed by atoms with Crippen molar-refractivity contribution in [1.29, 1.82) is 0 Å². The first-order chi connectivity index (χ1) is 11.6. The second-order valence-corrected chi connectivity index (χ2v) is 6.17. The van der Waals surface area contributed by atoms with Gasteiger partial charge in [-0.1, -0.05) is 13.3 Å². The number of halogens is 1. The molecule has 0 aromatic heterocycles. The van der Waals surface area contributed by atoms with Crippen molar-refractivity contribution in [3.05, 3.63) is 24.0 Å². The van der Waals surface area contributed by atoms with Gasteiger partial charge in [-0.25, -0.2) is 9.18 Å². The molecule has 134 valence electrons. The quantitative estimate of drug-likeness (QED) is 0.735. The van der Waals surface area contributed by atoms with Crippen LogP contribution >= 0.6 is 0 Å². The average Bonchev–Trinajstić information content (AvgIpc) is 2.58. The summed E-state index contributed by atoms with van der Waals surface area (Å²) in [5.41, 5.74) is 0.800. The van der Waals surface area contributed by atoms with Crippen LogP contribution < -0.4 is 15.4 Å². The molecule has 1 saturated carbocycles. The first kappa shape index (κ1) is 18.4. The highest BCUT2D eigenvalue weighted by Crippen LogP contribution is 2.29. The lowest BCUT2D eigenvalue weighted by atomic mass is 9.91. The highest BCUT2D eigenvalue weighted by Gasteiger charge is 2.23. The minimum absolute atomic E-state index is 0.160. The summed E-state index contributed by atoms with van der Waals surface area (Å²) in [5, 5.41) is 6.34. The van der Waals surface area contributed by atoms with E-state index in [4.69, 9.17) is 9.47 Å². The Morgan fingerprint density at radius 1 is 1.25 bits per heavy atom. The van der Waals surface area contributed by atoms with E-state index in [-0.39, 0.29) is 18.0 Å².